The summed E-state index contributed by atoms with van der Waals surface area (Å²) in [6, 6.07) is 8.88. The smallest absolute Gasteiger partial charge is 0.330 e. The molecule has 2 aromatic rings. The highest BCUT2D eigenvalue weighted by molar-refractivity contribution is 9.10. The van der Waals surface area contributed by atoms with Gasteiger partial charge in [0.1, 0.15) is 5.82 Å². The zero-order chi connectivity index (χ0) is 28.4. The molecule has 0 aliphatic carbocycles. The number of nitrogens with zero attached hydrogens (tertiary/aromatic N) is 4. The van der Waals surface area contributed by atoms with Gasteiger partial charge in [-0.1, -0.05) is 57.1 Å². The van der Waals surface area contributed by atoms with Gasteiger partial charge in [0.2, 0.25) is 5.88 Å². The molecule has 0 atom stereocenters. The predicted octanol–water partition coefficient (Wildman–Crippen LogP) is 4.76. The Labute approximate surface area is 234 Å². The summed E-state index contributed by atoms with van der Waals surface area (Å²) in [5, 5.41) is 10.5. The molecule has 10 nitrogen and oxygen atoms in total. The van der Waals surface area contributed by atoms with Crippen molar-refractivity contribution < 1.29 is 14.3 Å². The summed E-state index contributed by atoms with van der Waals surface area (Å²) in [4.78, 5) is 28.5. The first-order valence-electron chi connectivity index (χ1n) is 12.8. The van der Waals surface area contributed by atoms with Crippen LogP contribution in [0.1, 0.15) is 46.7 Å². The summed E-state index contributed by atoms with van der Waals surface area (Å²) in [5.74, 6) is 0.773. The van der Waals surface area contributed by atoms with Crippen molar-refractivity contribution in [2.24, 2.45) is 18.7 Å². The molecule has 0 bridgehead atoms. The number of urea groups is 1. The van der Waals surface area contributed by atoms with Gasteiger partial charge in [0.05, 0.1) is 23.6 Å². The van der Waals surface area contributed by atoms with Crippen molar-refractivity contribution >= 4 is 33.6 Å². The fourth-order valence-corrected chi connectivity index (χ4v) is 4.01. The van der Waals surface area contributed by atoms with E-state index in [0.29, 0.717) is 54.1 Å². The van der Waals surface area contributed by atoms with Crippen molar-refractivity contribution in [1.29, 1.82) is 0 Å². The van der Waals surface area contributed by atoms with Crippen LogP contribution >= 0.6 is 15.9 Å². The first kappa shape index (κ1) is 30.8. The molecular formula is C27H40BrN7O3. The maximum absolute atomic E-state index is 13.0. The molecular weight excluding hydrogens is 550 g/mol. The van der Waals surface area contributed by atoms with Gasteiger partial charge in [-0.05, 0) is 36.6 Å². The molecule has 1 aromatic heterocycles. The Morgan fingerprint density at radius 2 is 1.87 bits per heavy atom. The molecule has 38 heavy (non-hydrogen) atoms. The van der Waals surface area contributed by atoms with Gasteiger partial charge >= 0.3 is 6.03 Å². The Bertz CT molecular complexity index is 1140. The zero-order valence-electron chi connectivity index (χ0n) is 23.2. The van der Waals surface area contributed by atoms with E-state index in [4.69, 9.17) is 10.5 Å². The molecule has 0 saturated heterocycles. The number of rotatable bonds is 11. The number of anilines is 1. The molecule has 1 aliphatic heterocycles. The van der Waals surface area contributed by atoms with Crippen LogP contribution in [0.15, 0.2) is 58.6 Å². The molecule has 0 radical (unpaired) electrons. The maximum Gasteiger partial charge on any atom is 0.330 e. The Morgan fingerprint density at radius 1 is 1.21 bits per heavy atom. The van der Waals surface area contributed by atoms with Crippen molar-refractivity contribution in [3.05, 3.63) is 64.3 Å². The van der Waals surface area contributed by atoms with Crippen LogP contribution in [0, 0.1) is 5.92 Å². The monoisotopic (exact) mass is 589 g/mol. The Balaban J connectivity index is 0.00000247. The van der Waals surface area contributed by atoms with E-state index >= 15 is 0 Å². The third-order valence-electron chi connectivity index (χ3n) is 5.43. The van der Waals surface area contributed by atoms with Gasteiger partial charge in [0, 0.05) is 36.4 Å². The molecule has 3 amide bonds. The van der Waals surface area contributed by atoms with E-state index in [-0.39, 0.29) is 24.5 Å². The largest absolute Gasteiger partial charge is 0.468 e. The molecule has 3 rings (SSSR count). The average molecular weight is 591 g/mol. The van der Waals surface area contributed by atoms with Crippen LogP contribution in [0.5, 0.6) is 5.88 Å². The lowest BCUT2D eigenvalue weighted by Gasteiger charge is -2.39. The van der Waals surface area contributed by atoms with Crippen LogP contribution < -0.4 is 21.1 Å². The normalized spacial score (nSPS) is 13.5. The van der Waals surface area contributed by atoms with Crippen LogP contribution in [0.3, 0.4) is 0 Å². The van der Waals surface area contributed by atoms with E-state index < -0.39 is 0 Å². The standard InChI is InChI=1S/C25H34BrN7O3.C2H6/c1-6-11-32-17(4)23(24(27)33(25(32)35)14-16(2)3)28-13-20-12-22(31(5)30-20)36-15-21(34)29-19-9-7-18(26)8-10-19;1-2/h7-10,12,16,28H,4,6,11,13-15,27H2,1-3,5H3,(H,29,34);1-2H3. The lowest BCUT2D eigenvalue weighted by Crippen LogP contribution is -2.52. The highest BCUT2D eigenvalue weighted by Crippen LogP contribution is 2.26. The number of carbonyl (C=O) groups is 2. The lowest BCUT2D eigenvalue weighted by atomic mass is 10.1. The second-order valence-electron chi connectivity index (χ2n) is 8.94. The van der Waals surface area contributed by atoms with Crippen molar-refractivity contribution in [2.45, 2.75) is 47.6 Å². The number of amides is 3. The van der Waals surface area contributed by atoms with Crippen molar-refractivity contribution in [1.82, 2.24) is 24.9 Å². The highest BCUT2D eigenvalue weighted by Gasteiger charge is 2.34. The summed E-state index contributed by atoms with van der Waals surface area (Å²) in [6.07, 6.45) is 0.795. The number of halogens is 1. The number of aromatic nitrogens is 2. The molecule has 4 N–H and O–H groups in total. The van der Waals surface area contributed by atoms with Crippen LogP contribution in [0.2, 0.25) is 0 Å². The highest BCUT2D eigenvalue weighted by atomic mass is 79.9. The van der Waals surface area contributed by atoms with Crippen LogP contribution in [-0.2, 0) is 18.4 Å². The second-order valence-corrected chi connectivity index (χ2v) is 9.86. The summed E-state index contributed by atoms with van der Waals surface area (Å²) in [6.45, 7) is 15.4. The summed E-state index contributed by atoms with van der Waals surface area (Å²) < 4.78 is 8.16. The molecule has 0 fully saturated rings. The molecule has 0 saturated carbocycles. The molecule has 208 valence electrons. The first-order chi connectivity index (χ1) is 18.1. The summed E-state index contributed by atoms with van der Waals surface area (Å²) in [5.41, 5.74) is 8.91. The van der Waals surface area contributed by atoms with E-state index in [9.17, 15) is 9.59 Å². The van der Waals surface area contributed by atoms with Crippen LogP contribution in [0.4, 0.5) is 10.5 Å². The Morgan fingerprint density at radius 3 is 2.47 bits per heavy atom. The number of carbonyl (C=O) groups excluding carboxylic acids is 2. The van der Waals surface area contributed by atoms with E-state index in [2.05, 4.69) is 38.2 Å². The van der Waals surface area contributed by atoms with Gasteiger partial charge in [-0.25, -0.2) is 9.48 Å². The van der Waals surface area contributed by atoms with Gasteiger partial charge in [0.15, 0.2) is 6.61 Å². The van der Waals surface area contributed by atoms with Gasteiger partial charge in [-0.3, -0.25) is 14.6 Å². The Hall–Kier alpha value is -3.47. The molecule has 0 unspecified atom stereocenters. The molecule has 11 heteroatoms. The van der Waals surface area contributed by atoms with E-state index in [1.54, 1.807) is 39.7 Å². The van der Waals surface area contributed by atoms with Gasteiger partial charge in [-0.2, -0.15) is 5.10 Å². The fourth-order valence-electron chi connectivity index (χ4n) is 3.75. The second kappa shape index (κ2) is 14.5. The van der Waals surface area contributed by atoms with Crippen molar-refractivity contribution in [3.63, 3.8) is 0 Å². The minimum atomic E-state index is -0.277. The fraction of sp³-hybridized carbons (Fsp3) is 0.444. The minimum absolute atomic E-state index is 0.157. The number of ether oxygens (including phenoxy) is 1. The van der Waals surface area contributed by atoms with Gasteiger partial charge in [-0.15, -0.1) is 0 Å². The van der Waals surface area contributed by atoms with Gasteiger partial charge < -0.3 is 21.1 Å². The quantitative estimate of drug-likeness (QED) is 0.348. The summed E-state index contributed by atoms with van der Waals surface area (Å²) >= 11 is 3.37. The first-order valence-corrected chi connectivity index (χ1v) is 13.6. The lowest BCUT2D eigenvalue weighted by molar-refractivity contribution is -0.118. The van der Waals surface area contributed by atoms with Crippen LogP contribution in [0.25, 0.3) is 0 Å². The number of aryl methyl sites for hydroxylation is 1. The molecule has 0 spiro atoms. The number of hydrogen-bond donors (Lipinski definition) is 3. The summed E-state index contributed by atoms with van der Waals surface area (Å²) in [7, 11) is 1.74. The zero-order valence-corrected chi connectivity index (χ0v) is 24.8. The van der Waals surface area contributed by atoms with Crippen LogP contribution in [-0.4, -0.2) is 51.2 Å². The minimum Gasteiger partial charge on any atom is -0.468 e. The average Bonchev–Trinajstić information content (AvgIpc) is 3.24. The van der Waals surface area contributed by atoms with E-state index in [1.807, 2.05) is 46.8 Å². The maximum atomic E-state index is 13.0. The Kier molecular flexibility index (Phi) is 11.7. The number of nitrogens with one attached hydrogen (secondary N) is 2. The molecule has 2 heterocycles. The van der Waals surface area contributed by atoms with Crippen molar-refractivity contribution in [2.75, 3.05) is 25.0 Å². The van der Waals surface area contributed by atoms with Gasteiger partial charge in [0.25, 0.3) is 5.91 Å². The van der Waals surface area contributed by atoms with E-state index in [1.165, 1.54) is 0 Å². The number of hydrogen-bond acceptors (Lipinski definition) is 6. The third-order valence-corrected chi connectivity index (χ3v) is 5.96. The predicted molar refractivity (Wildman–Crippen MR) is 154 cm³/mol. The number of benzene rings is 1. The SMILES string of the molecule is C=C1C(NCc2cc(OCC(=O)Nc3ccc(Br)cc3)n(C)n2)=C(N)N(CC(C)C)C(=O)N1CCC.CC. The number of nitrogens with two attached hydrogens (primary N) is 1. The van der Waals surface area contributed by atoms with E-state index in [0.717, 1.165) is 10.9 Å². The third kappa shape index (κ3) is 8.01. The molecule has 1 aliphatic rings. The topological polar surface area (TPSA) is 118 Å². The van der Waals surface area contributed by atoms with Crippen molar-refractivity contribution in [3.8, 4) is 5.88 Å². The molecule has 1 aromatic carbocycles.